The normalized spacial score (nSPS) is 29.1. The zero-order valence-electron chi connectivity index (χ0n) is 18.6. The molecule has 1 aliphatic heterocycles. The van der Waals surface area contributed by atoms with Crippen molar-refractivity contribution < 1.29 is 18.3 Å². The van der Waals surface area contributed by atoms with Crippen molar-refractivity contribution in [3.63, 3.8) is 0 Å². The van der Waals surface area contributed by atoms with Crippen LogP contribution >= 0.6 is 0 Å². The van der Waals surface area contributed by atoms with Crippen LogP contribution in [0.15, 0.2) is 54.7 Å². The number of hydrogen-bond acceptors (Lipinski definition) is 6. The van der Waals surface area contributed by atoms with E-state index in [9.17, 15) is 13.5 Å². The minimum atomic E-state index is -3.30. The Bertz CT molecular complexity index is 963. The first kappa shape index (κ1) is 23.2. The average molecular weight is 460 g/mol. The molecular weight excluding hydrogens is 426 g/mol. The molecule has 1 aliphatic carbocycles. The average Bonchev–Trinajstić information content (AvgIpc) is 2.80. The monoisotopic (exact) mass is 459 g/mol. The number of hydrogen-bond donors (Lipinski definition) is 2. The molecular formula is C24H33N3O4S. The highest BCUT2D eigenvalue weighted by Crippen LogP contribution is 2.38. The predicted molar refractivity (Wildman–Crippen MR) is 125 cm³/mol. The minimum Gasteiger partial charge on any atom is -0.385 e. The number of benzene rings is 1. The van der Waals surface area contributed by atoms with Crippen LogP contribution in [0.3, 0.4) is 0 Å². The third-order valence-corrected chi connectivity index (χ3v) is 7.42. The molecule has 2 heterocycles. The van der Waals surface area contributed by atoms with Crippen LogP contribution in [-0.4, -0.2) is 56.6 Å². The van der Waals surface area contributed by atoms with E-state index in [2.05, 4.69) is 14.6 Å². The van der Waals surface area contributed by atoms with Gasteiger partial charge in [0.1, 0.15) is 5.82 Å². The molecule has 2 atom stereocenters. The summed E-state index contributed by atoms with van der Waals surface area (Å²) in [7, 11) is -3.30. The van der Waals surface area contributed by atoms with Crippen LogP contribution in [0.5, 0.6) is 0 Å². The molecule has 0 amide bonds. The standard InChI is InChI=1S/C24H33N3O4S/c1-32(29,30)26-22-12-16-27(23-9-5-6-15-25-23)17-19(22)18-31-21-10-13-24(28,14-11-21)20-7-3-2-4-8-20/h2-9,15,19,21-22,26,28H,10-14,16-18H2,1H3/t19-,21-,22-,24-/m0/s1. The van der Waals surface area contributed by atoms with Gasteiger partial charge in [-0.3, -0.25) is 0 Å². The summed E-state index contributed by atoms with van der Waals surface area (Å²) in [4.78, 5) is 6.65. The van der Waals surface area contributed by atoms with Gasteiger partial charge in [-0.1, -0.05) is 36.4 Å². The van der Waals surface area contributed by atoms with E-state index in [4.69, 9.17) is 4.74 Å². The number of rotatable bonds is 7. The number of nitrogens with one attached hydrogen (secondary N) is 1. The van der Waals surface area contributed by atoms with Gasteiger partial charge in [0.05, 0.1) is 24.6 Å². The van der Waals surface area contributed by atoms with E-state index in [1.165, 1.54) is 6.26 Å². The topological polar surface area (TPSA) is 91.8 Å². The van der Waals surface area contributed by atoms with Crippen LogP contribution in [0.4, 0.5) is 5.82 Å². The van der Waals surface area contributed by atoms with Crippen molar-refractivity contribution in [1.29, 1.82) is 0 Å². The summed E-state index contributed by atoms with van der Waals surface area (Å²) in [5.41, 5.74) is 0.177. The Hall–Kier alpha value is -2.00. The van der Waals surface area contributed by atoms with Crippen LogP contribution in [-0.2, 0) is 20.4 Å². The van der Waals surface area contributed by atoms with Crippen molar-refractivity contribution in [2.75, 3.05) is 30.9 Å². The van der Waals surface area contributed by atoms with Crippen LogP contribution in [0, 0.1) is 5.92 Å². The highest BCUT2D eigenvalue weighted by Gasteiger charge is 2.37. The van der Waals surface area contributed by atoms with Gasteiger partial charge in [0.15, 0.2) is 0 Å². The van der Waals surface area contributed by atoms with Crippen LogP contribution in [0.25, 0.3) is 0 Å². The highest BCUT2D eigenvalue weighted by molar-refractivity contribution is 7.88. The molecule has 32 heavy (non-hydrogen) atoms. The highest BCUT2D eigenvalue weighted by atomic mass is 32.2. The summed E-state index contributed by atoms with van der Waals surface area (Å²) >= 11 is 0. The van der Waals surface area contributed by atoms with Crippen molar-refractivity contribution in [3.8, 4) is 0 Å². The number of anilines is 1. The number of nitrogens with zero attached hydrogens (tertiary/aromatic N) is 2. The van der Waals surface area contributed by atoms with Gasteiger partial charge in [0.25, 0.3) is 0 Å². The second-order valence-corrected chi connectivity index (χ2v) is 10.9. The molecule has 1 saturated carbocycles. The number of sulfonamides is 1. The Morgan fingerprint density at radius 3 is 2.50 bits per heavy atom. The number of piperidine rings is 1. The van der Waals surface area contributed by atoms with Gasteiger partial charge in [-0.25, -0.2) is 18.1 Å². The van der Waals surface area contributed by atoms with Gasteiger partial charge >= 0.3 is 0 Å². The molecule has 2 N–H and O–H groups in total. The largest absolute Gasteiger partial charge is 0.385 e. The Morgan fingerprint density at radius 2 is 1.84 bits per heavy atom. The van der Waals surface area contributed by atoms with Crippen molar-refractivity contribution in [2.24, 2.45) is 5.92 Å². The molecule has 174 valence electrons. The quantitative estimate of drug-likeness (QED) is 0.662. The van der Waals surface area contributed by atoms with Gasteiger partial charge in [-0.05, 0) is 49.8 Å². The second kappa shape index (κ2) is 9.87. The molecule has 1 aromatic carbocycles. The van der Waals surface area contributed by atoms with E-state index in [1.807, 2.05) is 48.5 Å². The third-order valence-electron chi connectivity index (χ3n) is 6.69. The maximum atomic E-state index is 11.9. The maximum absolute atomic E-state index is 11.9. The van der Waals surface area contributed by atoms with Crippen molar-refractivity contribution in [3.05, 3.63) is 60.3 Å². The second-order valence-electron chi connectivity index (χ2n) is 9.11. The zero-order chi connectivity index (χ0) is 22.6. The van der Waals surface area contributed by atoms with Crippen molar-refractivity contribution in [1.82, 2.24) is 9.71 Å². The molecule has 2 fully saturated rings. The van der Waals surface area contributed by atoms with E-state index in [1.54, 1.807) is 6.20 Å². The summed E-state index contributed by atoms with van der Waals surface area (Å²) in [6.07, 6.45) is 6.66. The first-order valence-corrected chi connectivity index (χ1v) is 13.2. The molecule has 8 heteroatoms. The Kier molecular flexibility index (Phi) is 7.14. The first-order chi connectivity index (χ1) is 15.3. The number of pyridine rings is 1. The smallest absolute Gasteiger partial charge is 0.208 e. The fraction of sp³-hybridized carbons (Fsp3) is 0.542. The van der Waals surface area contributed by atoms with Crippen molar-refractivity contribution in [2.45, 2.75) is 49.9 Å². The van der Waals surface area contributed by atoms with E-state index in [0.717, 1.165) is 30.8 Å². The predicted octanol–water partition coefficient (Wildman–Crippen LogP) is 2.67. The summed E-state index contributed by atoms with van der Waals surface area (Å²) in [6, 6.07) is 15.5. The van der Waals surface area contributed by atoms with Gasteiger partial charge in [-0.15, -0.1) is 0 Å². The van der Waals surface area contributed by atoms with Gasteiger partial charge in [-0.2, -0.15) is 0 Å². The fourth-order valence-electron chi connectivity index (χ4n) is 4.91. The maximum Gasteiger partial charge on any atom is 0.208 e. The molecule has 4 rings (SSSR count). The zero-order valence-corrected chi connectivity index (χ0v) is 19.4. The van der Waals surface area contributed by atoms with Crippen LogP contribution in [0.1, 0.15) is 37.7 Å². The van der Waals surface area contributed by atoms with E-state index in [0.29, 0.717) is 32.4 Å². The summed E-state index contributed by atoms with van der Waals surface area (Å²) in [5.74, 6) is 0.927. The number of aromatic nitrogens is 1. The summed E-state index contributed by atoms with van der Waals surface area (Å²) < 4.78 is 32.9. The SMILES string of the molecule is CS(=O)(=O)N[C@H]1CCN(c2ccccn2)C[C@H]1CO[C@H]1CC[C@@](O)(c2ccccc2)CC1. The molecule has 0 bridgehead atoms. The molecule has 2 aromatic rings. The summed E-state index contributed by atoms with van der Waals surface area (Å²) in [6.45, 7) is 1.91. The molecule has 0 spiro atoms. The number of aliphatic hydroxyl groups is 1. The van der Waals surface area contributed by atoms with Gasteiger partial charge < -0.3 is 14.7 Å². The van der Waals surface area contributed by atoms with E-state index in [-0.39, 0.29) is 18.1 Å². The minimum absolute atomic E-state index is 0.0235. The van der Waals surface area contributed by atoms with Crippen LogP contribution in [0.2, 0.25) is 0 Å². The van der Waals surface area contributed by atoms with Crippen LogP contribution < -0.4 is 9.62 Å². The lowest BCUT2D eigenvalue weighted by Gasteiger charge is -2.41. The molecule has 0 radical (unpaired) electrons. The first-order valence-electron chi connectivity index (χ1n) is 11.4. The third kappa shape index (κ3) is 5.86. The Labute approximate surface area is 190 Å². The Balaban J connectivity index is 1.36. The van der Waals surface area contributed by atoms with Gasteiger partial charge in [0, 0.05) is 31.2 Å². The van der Waals surface area contributed by atoms with Crippen molar-refractivity contribution >= 4 is 15.8 Å². The van der Waals surface area contributed by atoms with E-state index < -0.39 is 15.6 Å². The molecule has 7 nitrogen and oxygen atoms in total. The molecule has 0 unspecified atom stereocenters. The Morgan fingerprint density at radius 1 is 1.12 bits per heavy atom. The van der Waals surface area contributed by atoms with Gasteiger partial charge in [0.2, 0.25) is 10.0 Å². The fourth-order valence-corrected chi connectivity index (χ4v) is 5.77. The van der Waals surface area contributed by atoms with E-state index >= 15 is 0 Å². The molecule has 1 saturated heterocycles. The lowest BCUT2D eigenvalue weighted by Crippen LogP contribution is -2.52. The lowest BCUT2D eigenvalue weighted by atomic mass is 9.78. The molecule has 2 aliphatic rings. The number of ether oxygens (including phenoxy) is 1. The summed E-state index contributed by atoms with van der Waals surface area (Å²) in [5, 5.41) is 11.1. The lowest BCUT2D eigenvalue weighted by molar-refractivity contribution is -0.0677. The molecule has 1 aromatic heterocycles.